The molecule has 0 radical (unpaired) electrons. The highest BCUT2D eigenvalue weighted by atomic mass is 32.2. The first-order valence-electron chi connectivity index (χ1n) is 7.88. The molecule has 0 bridgehead atoms. The SMILES string of the molecule is CC(=O)c1cccc(NC(=O)CN(C)S(=O)(=O)/C=C/c2ccccc2)c1. The number of ketones is 1. The van der Waals surface area contributed by atoms with Crippen molar-refractivity contribution < 1.29 is 18.0 Å². The van der Waals surface area contributed by atoms with E-state index in [1.165, 1.54) is 20.0 Å². The zero-order valence-electron chi connectivity index (χ0n) is 14.5. The van der Waals surface area contributed by atoms with Crippen molar-refractivity contribution in [2.45, 2.75) is 6.92 Å². The number of Topliss-reactive ketones (excluding diaryl/α,β-unsaturated/α-hetero) is 1. The fourth-order valence-electron chi connectivity index (χ4n) is 2.14. The van der Waals surface area contributed by atoms with E-state index in [4.69, 9.17) is 0 Å². The highest BCUT2D eigenvalue weighted by molar-refractivity contribution is 7.92. The minimum Gasteiger partial charge on any atom is -0.325 e. The Morgan fingerprint density at radius 2 is 1.77 bits per heavy atom. The molecule has 2 aromatic carbocycles. The highest BCUT2D eigenvalue weighted by Gasteiger charge is 2.18. The van der Waals surface area contributed by atoms with Gasteiger partial charge < -0.3 is 5.32 Å². The lowest BCUT2D eigenvalue weighted by Gasteiger charge is -2.14. The number of anilines is 1. The van der Waals surface area contributed by atoms with E-state index >= 15 is 0 Å². The fraction of sp³-hybridized carbons (Fsp3) is 0.158. The van der Waals surface area contributed by atoms with Crippen LogP contribution in [0, 0.1) is 0 Å². The van der Waals surface area contributed by atoms with Crippen molar-refractivity contribution in [2.75, 3.05) is 18.9 Å². The van der Waals surface area contributed by atoms with Crippen LogP contribution < -0.4 is 5.32 Å². The van der Waals surface area contributed by atoms with Crippen LogP contribution in [-0.2, 0) is 14.8 Å². The van der Waals surface area contributed by atoms with Gasteiger partial charge in [-0.25, -0.2) is 8.42 Å². The average Bonchev–Trinajstić information content (AvgIpc) is 2.61. The lowest BCUT2D eigenvalue weighted by molar-refractivity contribution is -0.116. The first-order valence-corrected chi connectivity index (χ1v) is 9.38. The molecule has 0 atom stereocenters. The summed E-state index contributed by atoms with van der Waals surface area (Å²) in [5.41, 5.74) is 1.65. The second kappa shape index (κ2) is 8.55. The number of sulfonamides is 1. The van der Waals surface area contributed by atoms with Gasteiger partial charge in [-0.2, -0.15) is 4.31 Å². The van der Waals surface area contributed by atoms with Gasteiger partial charge in [0.05, 0.1) is 6.54 Å². The zero-order valence-corrected chi connectivity index (χ0v) is 15.4. The number of benzene rings is 2. The molecular formula is C19H20N2O4S. The second-order valence-electron chi connectivity index (χ2n) is 5.70. The summed E-state index contributed by atoms with van der Waals surface area (Å²) in [5.74, 6) is -0.614. The first-order chi connectivity index (χ1) is 12.3. The van der Waals surface area contributed by atoms with Crippen LogP contribution in [0.1, 0.15) is 22.8 Å². The Balaban J connectivity index is 2.00. The molecule has 0 fully saturated rings. The first kappa shape index (κ1) is 19.6. The Bertz CT molecular complexity index is 922. The maximum absolute atomic E-state index is 12.2. The summed E-state index contributed by atoms with van der Waals surface area (Å²) in [6, 6.07) is 15.5. The summed E-state index contributed by atoms with van der Waals surface area (Å²) >= 11 is 0. The number of rotatable bonds is 7. The minimum absolute atomic E-state index is 0.119. The van der Waals surface area contributed by atoms with E-state index in [0.29, 0.717) is 11.3 Å². The number of nitrogens with zero attached hydrogens (tertiary/aromatic N) is 1. The minimum atomic E-state index is -3.73. The van der Waals surface area contributed by atoms with E-state index in [9.17, 15) is 18.0 Å². The number of nitrogens with one attached hydrogen (secondary N) is 1. The Morgan fingerprint density at radius 1 is 1.08 bits per heavy atom. The highest BCUT2D eigenvalue weighted by Crippen LogP contribution is 2.12. The monoisotopic (exact) mass is 372 g/mol. The molecule has 0 spiro atoms. The number of amides is 1. The molecule has 1 amide bonds. The van der Waals surface area contributed by atoms with Crippen molar-refractivity contribution >= 4 is 33.5 Å². The smallest absolute Gasteiger partial charge is 0.239 e. The topological polar surface area (TPSA) is 83.6 Å². The lowest BCUT2D eigenvalue weighted by Crippen LogP contribution is -2.33. The van der Waals surface area contributed by atoms with Crippen LogP contribution in [0.15, 0.2) is 60.0 Å². The van der Waals surface area contributed by atoms with E-state index in [1.807, 2.05) is 6.07 Å². The van der Waals surface area contributed by atoms with Gasteiger partial charge in [0, 0.05) is 23.7 Å². The Kier molecular flexibility index (Phi) is 6.43. The molecule has 0 saturated heterocycles. The number of hydrogen-bond donors (Lipinski definition) is 1. The van der Waals surface area contributed by atoms with Gasteiger partial charge in [0.2, 0.25) is 15.9 Å². The molecule has 0 heterocycles. The van der Waals surface area contributed by atoms with E-state index < -0.39 is 15.9 Å². The average molecular weight is 372 g/mol. The molecule has 0 unspecified atom stereocenters. The summed E-state index contributed by atoms with van der Waals surface area (Å²) in [6.45, 7) is 1.09. The van der Waals surface area contributed by atoms with E-state index in [1.54, 1.807) is 48.5 Å². The fourth-order valence-corrected chi connectivity index (χ4v) is 2.98. The van der Waals surface area contributed by atoms with Crippen LogP contribution in [0.2, 0.25) is 0 Å². The van der Waals surface area contributed by atoms with E-state index in [0.717, 1.165) is 15.3 Å². The lowest BCUT2D eigenvalue weighted by atomic mass is 10.1. The van der Waals surface area contributed by atoms with Gasteiger partial charge in [0.1, 0.15) is 0 Å². The van der Waals surface area contributed by atoms with Gasteiger partial charge in [-0.3, -0.25) is 9.59 Å². The molecule has 26 heavy (non-hydrogen) atoms. The molecule has 6 nitrogen and oxygen atoms in total. The molecule has 136 valence electrons. The largest absolute Gasteiger partial charge is 0.325 e. The van der Waals surface area contributed by atoms with Crippen molar-refractivity contribution in [1.29, 1.82) is 0 Å². The summed E-state index contributed by atoms with van der Waals surface area (Å²) < 4.78 is 25.5. The molecule has 0 aliphatic carbocycles. The summed E-state index contributed by atoms with van der Waals surface area (Å²) in [7, 11) is -2.40. The predicted molar refractivity (Wildman–Crippen MR) is 102 cm³/mol. The number of hydrogen-bond acceptors (Lipinski definition) is 4. The molecule has 0 aromatic heterocycles. The van der Waals surface area contributed by atoms with Gasteiger partial charge in [-0.15, -0.1) is 0 Å². The van der Waals surface area contributed by atoms with E-state index in [-0.39, 0.29) is 12.3 Å². The van der Waals surface area contributed by atoms with Crippen LogP contribution in [0.3, 0.4) is 0 Å². The molecule has 0 aliphatic rings. The predicted octanol–water partition coefficient (Wildman–Crippen LogP) is 2.76. The van der Waals surface area contributed by atoms with Crippen LogP contribution in [0.5, 0.6) is 0 Å². The van der Waals surface area contributed by atoms with Crippen LogP contribution in [0.4, 0.5) is 5.69 Å². The van der Waals surface area contributed by atoms with Gasteiger partial charge in [-0.1, -0.05) is 42.5 Å². The van der Waals surface area contributed by atoms with Crippen LogP contribution in [0.25, 0.3) is 6.08 Å². The zero-order chi connectivity index (χ0) is 19.2. The molecule has 7 heteroatoms. The summed E-state index contributed by atoms with van der Waals surface area (Å²) in [4.78, 5) is 23.5. The molecule has 0 aliphatic heterocycles. The second-order valence-corrected chi connectivity index (χ2v) is 7.63. The third-order valence-corrected chi connectivity index (χ3v) is 5.06. The molecular weight excluding hydrogens is 352 g/mol. The van der Waals surface area contributed by atoms with Gasteiger partial charge in [0.25, 0.3) is 0 Å². The Hall–Kier alpha value is -2.77. The molecule has 2 aromatic rings. The van der Waals surface area contributed by atoms with Crippen molar-refractivity contribution in [1.82, 2.24) is 4.31 Å². The number of carbonyl (C=O) groups excluding carboxylic acids is 2. The standard InChI is InChI=1S/C19H20N2O4S/c1-15(22)17-9-6-10-18(13-17)20-19(23)14-21(2)26(24,25)12-11-16-7-4-3-5-8-16/h3-13H,14H2,1-2H3,(H,20,23)/b12-11+. The third kappa shape index (κ3) is 5.65. The molecule has 1 N–H and O–H groups in total. The quantitative estimate of drug-likeness (QED) is 0.758. The Morgan fingerprint density at radius 3 is 2.42 bits per heavy atom. The number of likely N-dealkylation sites (N-methyl/N-ethyl adjacent to an activating group) is 1. The van der Waals surface area contributed by atoms with Gasteiger partial charge in [-0.05, 0) is 30.7 Å². The summed E-state index contributed by atoms with van der Waals surface area (Å²) in [6.07, 6.45) is 1.47. The van der Waals surface area contributed by atoms with Crippen molar-refractivity contribution in [2.24, 2.45) is 0 Å². The van der Waals surface area contributed by atoms with Crippen LogP contribution >= 0.6 is 0 Å². The van der Waals surface area contributed by atoms with Crippen molar-refractivity contribution in [3.63, 3.8) is 0 Å². The van der Waals surface area contributed by atoms with Crippen molar-refractivity contribution in [3.05, 3.63) is 71.1 Å². The molecule has 2 rings (SSSR count). The van der Waals surface area contributed by atoms with Crippen molar-refractivity contribution in [3.8, 4) is 0 Å². The van der Waals surface area contributed by atoms with Crippen LogP contribution in [-0.4, -0.2) is 38.0 Å². The molecule has 0 saturated carbocycles. The third-order valence-electron chi connectivity index (χ3n) is 3.59. The Labute approximate surface area is 153 Å². The maximum Gasteiger partial charge on any atom is 0.239 e. The van der Waals surface area contributed by atoms with Gasteiger partial charge >= 0.3 is 0 Å². The van der Waals surface area contributed by atoms with Gasteiger partial charge in [0.15, 0.2) is 5.78 Å². The summed E-state index contributed by atoms with van der Waals surface area (Å²) in [5, 5.41) is 3.65. The number of carbonyl (C=O) groups is 2. The normalized spacial score (nSPS) is 11.7. The van der Waals surface area contributed by atoms with E-state index in [2.05, 4.69) is 5.32 Å². The maximum atomic E-state index is 12.2.